The third-order valence-electron chi connectivity index (χ3n) is 1.65. The Kier molecular flexibility index (Phi) is 4.65. The normalized spacial score (nSPS) is 9.93. The maximum atomic E-state index is 11.6. The summed E-state index contributed by atoms with van der Waals surface area (Å²) in [4.78, 5) is 22.0. The fourth-order valence-electron chi connectivity index (χ4n) is 1.01. The summed E-state index contributed by atoms with van der Waals surface area (Å²) < 4.78 is 0. The molecule has 0 aromatic heterocycles. The number of ketones is 1. The zero-order valence-corrected chi connectivity index (χ0v) is 9.48. The number of amides is 1. The number of carbonyl (C=O) groups excluding carboxylic acids is 2. The standard InChI is InChI=1S/C10H10ClNO2S/c11-8-4-2-1-3-7(8)9(13)5-15-6-10(12)14/h1-4H,5-6H2,(H2,12,14). The van der Waals surface area contributed by atoms with Gasteiger partial charge in [-0.1, -0.05) is 23.7 Å². The highest BCUT2D eigenvalue weighted by atomic mass is 35.5. The molecule has 0 radical (unpaired) electrons. The SMILES string of the molecule is NC(=O)CSCC(=O)c1ccccc1Cl. The molecule has 15 heavy (non-hydrogen) atoms. The van der Waals surface area contributed by atoms with E-state index in [0.717, 1.165) is 0 Å². The van der Waals surface area contributed by atoms with Crippen LogP contribution in [0.15, 0.2) is 24.3 Å². The van der Waals surface area contributed by atoms with Crippen molar-refractivity contribution in [3.63, 3.8) is 0 Å². The van der Waals surface area contributed by atoms with Gasteiger partial charge in [-0.05, 0) is 12.1 Å². The Morgan fingerprint density at radius 1 is 1.27 bits per heavy atom. The number of hydrogen-bond donors (Lipinski definition) is 1. The molecule has 1 amide bonds. The molecule has 0 atom stereocenters. The second-order valence-corrected chi connectivity index (χ2v) is 4.25. The molecule has 0 fully saturated rings. The van der Waals surface area contributed by atoms with Crippen molar-refractivity contribution in [2.24, 2.45) is 5.73 Å². The van der Waals surface area contributed by atoms with Crippen molar-refractivity contribution in [3.8, 4) is 0 Å². The molecule has 0 spiro atoms. The lowest BCUT2D eigenvalue weighted by atomic mass is 10.1. The first kappa shape index (κ1) is 12.1. The average molecular weight is 244 g/mol. The Balaban J connectivity index is 2.54. The maximum Gasteiger partial charge on any atom is 0.227 e. The number of rotatable bonds is 5. The van der Waals surface area contributed by atoms with E-state index in [1.165, 1.54) is 11.8 Å². The first-order valence-corrected chi connectivity index (χ1v) is 5.78. The quantitative estimate of drug-likeness (QED) is 0.802. The number of nitrogens with two attached hydrogens (primary N) is 1. The van der Waals surface area contributed by atoms with Gasteiger partial charge in [0, 0.05) is 5.56 Å². The molecule has 0 bridgehead atoms. The van der Waals surface area contributed by atoms with Crippen LogP contribution in [0.1, 0.15) is 10.4 Å². The summed E-state index contributed by atoms with van der Waals surface area (Å²) in [7, 11) is 0. The van der Waals surface area contributed by atoms with Crippen LogP contribution in [0.5, 0.6) is 0 Å². The van der Waals surface area contributed by atoms with Crippen molar-refractivity contribution in [2.75, 3.05) is 11.5 Å². The molecule has 0 unspecified atom stereocenters. The molecular weight excluding hydrogens is 234 g/mol. The van der Waals surface area contributed by atoms with Gasteiger partial charge in [0.2, 0.25) is 5.91 Å². The highest BCUT2D eigenvalue weighted by molar-refractivity contribution is 8.00. The van der Waals surface area contributed by atoms with Crippen molar-refractivity contribution in [2.45, 2.75) is 0 Å². The Hall–Kier alpha value is -1.00. The molecule has 0 aliphatic heterocycles. The third kappa shape index (κ3) is 3.93. The van der Waals surface area contributed by atoms with Crippen LogP contribution in [-0.4, -0.2) is 23.2 Å². The van der Waals surface area contributed by atoms with Crippen LogP contribution in [0.3, 0.4) is 0 Å². The number of benzene rings is 1. The van der Waals surface area contributed by atoms with E-state index in [0.29, 0.717) is 10.6 Å². The van der Waals surface area contributed by atoms with Gasteiger partial charge in [-0.25, -0.2) is 0 Å². The first-order chi connectivity index (χ1) is 7.11. The molecule has 1 rings (SSSR count). The zero-order valence-electron chi connectivity index (χ0n) is 7.90. The highest BCUT2D eigenvalue weighted by Crippen LogP contribution is 2.17. The molecule has 0 aliphatic rings. The van der Waals surface area contributed by atoms with Crippen molar-refractivity contribution < 1.29 is 9.59 Å². The minimum absolute atomic E-state index is 0.0909. The fraction of sp³-hybridized carbons (Fsp3) is 0.200. The summed E-state index contributed by atoms with van der Waals surface area (Å²) in [6.45, 7) is 0. The van der Waals surface area contributed by atoms with Crippen molar-refractivity contribution >= 4 is 35.1 Å². The predicted octanol–water partition coefficient (Wildman–Crippen LogP) is 1.74. The Morgan fingerprint density at radius 2 is 1.93 bits per heavy atom. The minimum Gasteiger partial charge on any atom is -0.369 e. The molecule has 2 N–H and O–H groups in total. The number of thioether (sulfide) groups is 1. The number of halogens is 1. The number of carbonyl (C=O) groups is 2. The van der Waals surface area contributed by atoms with Gasteiger partial charge < -0.3 is 5.73 Å². The third-order valence-corrected chi connectivity index (χ3v) is 2.94. The summed E-state index contributed by atoms with van der Waals surface area (Å²) in [5.74, 6) is -0.151. The first-order valence-electron chi connectivity index (χ1n) is 4.25. The number of Topliss-reactive ketones (excluding diaryl/α,β-unsaturated/α-hetero) is 1. The van der Waals surface area contributed by atoms with Crippen molar-refractivity contribution in [3.05, 3.63) is 34.9 Å². The van der Waals surface area contributed by atoms with Crippen LogP contribution in [0.4, 0.5) is 0 Å². The van der Waals surface area contributed by atoms with Crippen LogP contribution in [0.25, 0.3) is 0 Å². The minimum atomic E-state index is -0.424. The van der Waals surface area contributed by atoms with E-state index < -0.39 is 5.91 Å². The molecule has 0 heterocycles. The summed E-state index contributed by atoms with van der Waals surface area (Å²) >= 11 is 7.03. The van der Waals surface area contributed by atoms with Crippen LogP contribution < -0.4 is 5.73 Å². The van der Waals surface area contributed by atoms with E-state index in [9.17, 15) is 9.59 Å². The van der Waals surface area contributed by atoms with Crippen LogP contribution in [-0.2, 0) is 4.79 Å². The molecule has 5 heteroatoms. The number of hydrogen-bond acceptors (Lipinski definition) is 3. The van der Waals surface area contributed by atoms with Gasteiger partial charge >= 0.3 is 0 Å². The summed E-state index contributed by atoms with van der Waals surface area (Å²) in [5, 5.41) is 0.433. The van der Waals surface area contributed by atoms with Crippen molar-refractivity contribution in [1.29, 1.82) is 0 Å². The molecule has 80 valence electrons. The van der Waals surface area contributed by atoms with E-state index in [4.69, 9.17) is 17.3 Å². The highest BCUT2D eigenvalue weighted by Gasteiger charge is 2.09. The Morgan fingerprint density at radius 3 is 2.53 bits per heavy atom. The van der Waals surface area contributed by atoms with Gasteiger partial charge in [0.1, 0.15) is 0 Å². The van der Waals surface area contributed by atoms with E-state index in [-0.39, 0.29) is 17.3 Å². The molecular formula is C10H10ClNO2S. The Bertz CT molecular complexity index is 381. The summed E-state index contributed by atoms with van der Waals surface area (Å²) in [6.07, 6.45) is 0. The monoisotopic (exact) mass is 243 g/mol. The molecule has 1 aromatic rings. The molecule has 0 saturated heterocycles. The van der Waals surface area contributed by atoms with Crippen LogP contribution in [0.2, 0.25) is 5.02 Å². The lowest BCUT2D eigenvalue weighted by Crippen LogP contribution is -2.15. The second-order valence-electron chi connectivity index (χ2n) is 2.86. The topological polar surface area (TPSA) is 60.2 Å². The van der Waals surface area contributed by atoms with Gasteiger partial charge in [-0.3, -0.25) is 9.59 Å². The van der Waals surface area contributed by atoms with Gasteiger partial charge in [-0.15, -0.1) is 11.8 Å². The Labute approximate surface area is 97.0 Å². The number of primary amides is 1. The maximum absolute atomic E-state index is 11.6. The molecule has 0 aliphatic carbocycles. The smallest absolute Gasteiger partial charge is 0.227 e. The van der Waals surface area contributed by atoms with Gasteiger partial charge in [-0.2, -0.15) is 0 Å². The molecule has 1 aromatic carbocycles. The molecule has 3 nitrogen and oxygen atoms in total. The van der Waals surface area contributed by atoms with Gasteiger partial charge in [0.05, 0.1) is 16.5 Å². The lowest BCUT2D eigenvalue weighted by molar-refractivity contribution is -0.115. The van der Waals surface area contributed by atoms with Gasteiger partial charge in [0.25, 0.3) is 0 Å². The summed E-state index contributed by atoms with van der Waals surface area (Å²) in [5.41, 5.74) is 5.43. The van der Waals surface area contributed by atoms with Crippen LogP contribution in [0, 0.1) is 0 Å². The predicted molar refractivity (Wildman–Crippen MR) is 62.3 cm³/mol. The lowest BCUT2D eigenvalue weighted by Gasteiger charge is -2.01. The fourth-order valence-corrected chi connectivity index (χ4v) is 1.89. The van der Waals surface area contributed by atoms with E-state index in [2.05, 4.69) is 0 Å². The molecule has 0 saturated carbocycles. The van der Waals surface area contributed by atoms with Gasteiger partial charge in [0.15, 0.2) is 5.78 Å². The summed E-state index contributed by atoms with van der Waals surface area (Å²) in [6, 6.07) is 6.83. The van der Waals surface area contributed by atoms with E-state index >= 15 is 0 Å². The zero-order chi connectivity index (χ0) is 11.3. The van der Waals surface area contributed by atoms with Crippen LogP contribution >= 0.6 is 23.4 Å². The van der Waals surface area contributed by atoms with E-state index in [1.807, 2.05) is 0 Å². The largest absolute Gasteiger partial charge is 0.369 e. The van der Waals surface area contributed by atoms with Crippen molar-refractivity contribution in [1.82, 2.24) is 0 Å². The average Bonchev–Trinajstić information content (AvgIpc) is 2.17. The van der Waals surface area contributed by atoms with E-state index in [1.54, 1.807) is 24.3 Å². The second kappa shape index (κ2) is 5.78.